The summed E-state index contributed by atoms with van der Waals surface area (Å²) in [5.41, 5.74) is 7.62. The van der Waals surface area contributed by atoms with Crippen LogP contribution in [-0.2, 0) is 11.3 Å². The molecule has 0 saturated carbocycles. The van der Waals surface area contributed by atoms with E-state index in [0.29, 0.717) is 5.69 Å². The molecule has 5 nitrogen and oxygen atoms in total. The average molecular weight is 277 g/mol. The van der Waals surface area contributed by atoms with Crippen LogP contribution >= 0.6 is 0 Å². The summed E-state index contributed by atoms with van der Waals surface area (Å²) >= 11 is 0. The Bertz CT molecular complexity index is 468. The maximum absolute atomic E-state index is 11.6. The van der Waals surface area contributed by atoms with Crippen LogP contribution in [0.1, 0.15) is 18.4 Å². The molecule has 1 aliphatic rings. The van der Waals surface area contributed by atoms with Gasteiger partial charge in [0.15, 0.2) is 0 Å². The summed E-state index contributed by atoms with van der Waals surface area (Å²) < 4.78 is 5.37. The lowest BCUT2D eigenvalue weighted by molar-refractivity contribution is -0.125. The summed E-state index contributed by atoms with van der Waals surface area (Å²) in [6.45, 7) is 2.71. The van der Waals surface area contributed by atoms with Crippen LogP contribution in [0, 0.1) is 5.92 Å². The van der Waals surface area contributed by atoms with Gasteiger partial charge in [0.2, 0.25) is 5.91 Å². The Morgan fingerprint density at radius 2 is 2.15 bits per heavy atom. The maximum atomic E-state index is 11.6. The first-order valence-electron chi connectivity index (χ1n) is 7.00. The van der Waals surface area contributed by atoms with Gasteiger partial charge in [-0.1, -0.05) is 6.07 Å². The zero-order valence-corrected chi connectivity index (χ0v) is 12.2. The van der Waals surface area contributed by atoms with Crippen LogP contribution < -0.4 is 15.8 Å². The number of anilines is 1. The third-order valence-electron chi connectivity index (χ3n) is 3.91. The van der Waals surface area contributed by atoms with E-state index in [1.165, 1.54) is 0 Å². The lowest BCUT2D eigenvalue weighted by Gasteiger charge is -2.31. The summed E-state index contributed by atoms with van der Waals surface area (Å²) in [6.07, 6.45) is 1.83. The molecule has 1 saturated heterocycles. The topological polar surface area (TPSA) is 67.6 Å². The highest BCUT2D eigenvalue weighted by atomic mass is 16.5. The van der Waals surface area contributed by atoms with E-state index < -0.39 is 0 Å². The summed E-state index contributed by atoms with van der Waals surface area (Å²) in [6, 6.07) is 5.76. The fourth-order valence-electron chi connectivity index (χ4n) is 2.69. The van der Waals surface area contributed by atoms with Crippen molar-refractivity contribution in [3.05, 3.63) is 23.8 Å². The minimum absolute atomic E-state index is 0.157. The Morgan fingerprint density at radius 3 is 2.75 bits per heavy atom. The molecule has 1 amide bonds. The SMILES string of the molecule is CNC(=O)C1CCN(Cc2ccc(N)cc2OC)CC1. The minimum Gasteiger partial charge on any atom is -0.496 e. The van der Waals surface area contributed by atoms with Gasteiger partial charge < -0.3 is 15.8 Å². The largest absolute Gasteiger partial charge is 0.496 e. The Morgan fingerprint density at radius 1 is 1.45 bits per heavy atom. The van der Waals surface area contributed by atoms with Gasteiger partial charge in [-0.2, -0.15) is 0 Å². The number of nitrogens with two attached hydrogens (primary N) is 1. The first-order chi connectivity index (χ1) is 9.63. The fraction of sp³-hybridized carbons (Fsp3) is 0.533. The van der Waals surface area contributed by atoms with Gasteiger partial charge in [-0.05, 0) is 32.0 Å². The molecule has 20 heavy (non-hydrogen) atoms. The van der Waals surface area contributed by atoms with Crippen LogP contribution in [0.5, 0.6) is 5.75 Å². The van der Waals surface area contributed by atoms with Crippen LogP contribution in [0.2, 0.25) is 0 Å². The number of likely N-dealkylation sites (tertiary alicyclic amines) is 1. The lowest BCUT2D eigenvalue weighted by Crippen LogP contribution is -2.39. The van der Waals surface area contributed by atoms with E-state index in [2.05, 4.69) is 10.2 Å². The van der Waals surface area contributed by atoms with Gasteiger partial charge in [0, 0.05) is 36.8 Å². The molecule has 2 rings (SSSR count). The van der Waals surface area contributed by atoms with Crippen molar-refractivity contribution in [1.82, 2.24) is 10.2 Å². The van der Waals surface area contributed by atoms with Gasteiger partial charge in [-0.25, -0.2) is 0 Å². The fourth-order valence-corrected chi connectivity index (χ4v) is 2.69. The molecule has 0 aliphatic carbocycles. The number of methoxy groups -OCH3 is 1. The van der Waals surface area contributed by atoms with E-state index in [9.17, 15) is 4.79 Å². The molecule has 0 radical (unpaired) electrons. The van der Waals surface area contributed by atoms with Crippen molar-refractivity contribution < 1.29 is 9.53 Å². The second kappa shape index (κ2) is 6.61. The van der Waals surface area contributed by atoms with Gasteiger partial charge in [0.1, 0.15) is 5.75 Å². The van der Waals surface area contributed by atoms with Crippen molar-refractivity contribution in [2.45, 2.75) is 19.4 Å². The Hall–Kier alpha value is -1.75. The Balaban J connectivity index is 1.94. The first kappa shape index (κ1) is 14.7. The van der Waals surface area contributed by atoms with Crippen molar-refractivity contribution in [1.29, 1.82) is 0 Å². The monoisotopic (exact) mass is 277 g/mol. The molecule has 0 atom stereocenters. The molecule has 1 aliphatic heterocycles. The van der Waals surface area contributed by atoms with Gasteiger partial charge in [-0.3, -0.25) is 9.69 Å². The Kier molecular flexibility index (Phi) is 4.84. The second-order valence-corrected chi connectivity index (χ2v) is 5.24. The molecular formula is C15H23N3O2. The third-order valence-corrected chi connectivity index (χ3v) is 3.91. The number of benzene rings is 1. The number of hydrogen-bond donors (Lipinski definition) is 2. The molecule has 1 aromatic carbocycles. The number of rotatable bonds is 4. The van der Waals surface area contributed by atoms with Crippen molar-refractivity contribution in [2.24, 2.45) is 5.92 Å². The van der Waals surface area contributed by atoms with E-state index in [0.717, 1.165) is 43.8 Å². The third kappa shape index (κ3) is 3.42. The van der Waals surface area contributed by atoms with Crippen LogP contribution in [0.4, 0.5) is 5.69 Å². The molecule has 5 heteroatoms. The summed E-state index contributed by atoms with van der Waals surface area (Å²) in [5.74, 6) is 1.15. The van der Waals surface area contributed by atoms with E-state index in [4.69, 9.17) is 10.5 Å². The van der Waals surface area contributed by atoms with Crippen molar-refractivity contribution in [3.8, 4) is 5.75 Å². The second-order valence-electron chi connectivity index (χ2n) is 5.24. The number of nitrogen functional groups attached to an aromatic ring is 1. The standard InChI is InChI=1S/C15H23N3O2/c1-17-15(19)11-5-7-18(8-6-11)10-12-3-4-13(16)9-14(12)20-2/h3-4,9,11H,5-8,10,16H2,1-2H3,(H,17,19). The molecule has 1 fully saturated rings. The summed E-state index contributed by atoms with van der Waals surface area (Å²) in [4.78, 5) is 14.0. The van der Waals surface area contributed by atoms with Gasteiger partial charge in [-0.15, -0.1) is 0 Å². The van der Waals surface area contributed by atoms with E-state index in [1.807, 2.05) is 18.2 Å². The van der Waals surface area contributed by atoms with Crippen molar-refractivity contribution in [2.75, 3.05) is 33.0 Å². The lowest BCUT2D eigenvalue weighted by atomic mass is 9.95. The highest BCUT2D eigenvalue weighted by Gasteiger charge is 2.24. The average Bonchev–Trinajstić information content (AvgIpc) is 2.49. The van der Waals surface area contributed by atoms with E-state index in [1.54, 1.807) is 14.2 Å². The zero-order chi connectivity index (χ0) is 14.5. The first-order valence-corrected chi connectivity index (χ1v) is 7.00. The summed E-state index contributed by atoms with van der Waals surface area (Å²) in [5, 5.41) is 2.73. The molecule has 0 spiro atoms. The molecule has 110 valence electrons. The predicted octanol–water partition coefficient (Wildman–Crippen LogP) is 1.24. The molecule has 0 bridgehead atoms. The number of piperidine rings is 1. The van der Waals surface area contributed by atoms with Gasteiger partial charge in [0.05, 0.1) is 7.11 Å². The molecule has 0 unspecified atom stereocenters. The van der Waals surface area contributed by atoms with Gasteiger partial charge >= 0.3 is 0 Å². The smallest absolute Gasteiger partial charge is 0.222 e. The minimum atomic E-state index is 0.157. The number of carbonyl (C=O) groups excluding carboxylic acids is 1. The maximum Gasteiger partial charge on any atom is 0.222 e. The number of ether oxygens (including phenoxy) is 1. The zero-order valence-electron chi connectivity index (χ0n) is 12.2. The van der Waals surface area contributed by atoms with Crippen LogP contribution in [0.25, 0.3) is 0 Å². The van der Waals surface area contributed by atoms with Crippen LogP contribution in [0.15, 0.2) is 18.2 Å². The number of amides is 1. The van der Waals surface area contributed by atoms with Crippen molar-refractivity contribution >= 4 is 11.6 Å². The summed E-state index contributed by atoms with van der Waals surface area (Å²) in [7, 11) is 3.37. The quantitative estimate of drug-likeness (QED) is 0.812. The normalized spacial score (nSPS) is 16.9. The van der Waals surface area contributed by atoms with E-state index in [-0.39, 0.29) is 11.8 Å². The molecular weight excluding hydrogens is 254 g/mol. The number of nitrogens with one attached hydrogen (secondary N) is 1. The van der Waals surface area contributed by atoms with Crippen LogP contribution in [-0.4, -0.2) is 38.1 Å². The highest BCUT2D eigenvalue weighted by molar-refractivity contribution is 5.78. The number of hydrogen-bond acceptors (Lipinski definition) is 4. The van der Waals surface area contributed by atoms with Crippen LogP contribution in [0.3, 0.4) is 0 Å². The Labute approximate surface area is 120 Å². The highest BCUT2D eigenvalue weighted by Crippen LogP contribution is 2.25. The van der Waals surface area contributed by atoms with E-state index >= 15 is 0 Å². The molecule has 3 N–H and O–H groups in total. The van der Waals surface area contributed by atoms with Gasteiger partial charge in [0.25, 0.3) is 0 Å². The number of carbonyl (C=O) groups is 1. The molecule has 1 aromatic rings. The predicted molar refractivity (Wildman–Crippen MR) is 79.5 cm³/mol. The molecule has 0 aromatic heterocycles. The number of nitrogens with zero attached hydrogens (tertiary/aromatic N) is 1. The van der Waals surface area contributed by atoms with Crippen molar-refractivity contribution in [3.63, 3.8) is 0 Å². The molecule has 1 heterocycles.